The van der Waals surface area contributed by atoms with E-state index in [9.17, 15) is 14.7 Å². The summed E-state index contributed by atoms with van der Waals surface area (Å²) >= 11 is 0. The molecular weight excluding hydrogens is 268 g/mol. The van der Waals surface area contributed by atoms with Crippen LogP contribution >= 0.6 is 0 Å². The lowest BCUT2D eigenvalue weighted by atomic mass is 9.85. The predicted octanol–water partition coefficient (Wildman–Crippen LogP) is 1.06. The average molecular weight is 294 g/mol. The van der Waals surface area contributed by atoms with Gasteiger partial charge >= 0.3 is 0 Å². The second kappa shape index (κ2) is 5.95. The van der Waals surface area contributed by atoms with Crippen molar-refractivity contribution in [1.29, 1.82) is 0 Å². The van der Waals surface area contributed by atoms with Gasteiger partial charge in [0.15, 0.2) is 0 Å². The van der Waals surface area contributed by atoms with Gasteiger partial charge in [0.25, 0.3) is 0 Å². The van der Waals surface area contributed by atoms with Crippen molar-refractivity contribution >= 4 is 11.8 Å². The summed E-state index contributed by atoms with van der Waals surface area (Å²) in [7, 11) is 0. The molecule has 3 fully saturated rings. The van der Waals surface area contributed by atoms with Crippen LogP contribution in [0.25, 0.3) is 0 Å². The first kappa shape index (κ1) is 14.8. The van der Waals surface area contributed by atoms with Crippen LogP contribution in [-0.2, 0) is 9.59 Å². The van der Waals surface area contributed by atoms with Gasteiger partial charge < -0.3 is 15.3 Å². The molecule has 1 aliphatic heterocycles. The molecule has 0 aromatic carbocycles. The Morgan fingerprint density at radius 2 is 2.00 bits per heavy atom. The lowest BCUT2D eigenvalue weighted by molar-refractivity contribution is -0.129. The fourth-order valence-corrected chi connectivity index (χ4v) is 3.52. The summed E-state index contributed by atoms with van der Waals surface area (Å²) in [5, 5.41) is 13.3. The van der Waals surface area contributed by atoms with Gasteiger partial charge in [-0.25, -0.2) is 0 Å². The molecule has 2 amide bonds. The van der Waals surface area contributed by atoms with E-state index >= 15 is 0 Å². The van der Waals surface area contributed by atoms with Gasteiger partial charge in [-0.1, -0.05) is 19.3 Å². The van der Waals surface area contributed by atoms with Crippen LogP contribution in [0.5, 0.6) is 0 Å². The summed E-state index contributed by atoms with van der Waals surface area (Å²) in [5.74, 6) is 0.473. The normalized spacial score (nSPS) is 28.7. The van der Waals surface area contributed by atoms with Crippen molar-refractivity contribution in [3.63, 3.8) is 0 Å². The maximum absolute atomic E-state index is 12.2. The van der Waals surface area contributed by atoms with E-state index < -0.39 is 5.60 Å². The molecule has 5 heteroatoms. The molecule has 0 spiro atoms. The average Bonchev–Trinajstić information content (AvgIpc) is 3.20. The number of hydrogen-bond acceptors (Lipinski definition) is 3. The van der Waals surface area contributed by atoms with Crippen LogP contribution in [-0.4, -0.2) is 47.1 Å². The lowest BCUT2D eigenvalue weighted by Gasteiger charge is -2.32. The summed E-state index contributed by atoms with van der Waals surface area (Å²) in [6.07, 6.45) is 7.53. The van der Waals surface area contributed by atoms with E-state index in [0.29, 0.717) is 25.4 Å². The topological polar surface area (TPSA) is 69.6 Å². The first-order chi connectivity index (χ1) is 10.1. The largest absolute Gasteiger partial charge is 0.388 e. The summed E-state index contributed by atoms with van der Waals surface area (Å²) in [6.45, 7) is 1.71. The van der Waals surface area contributed by atoms with E-state index in [-0.39, 0.29) is 17.7 Å². The fraction of sp³-hybridized carbons (Fsp3) is 0.875. The molecule has 21 heavy (non-hydrogen) atoms. The third-order valence-electron chi connectivity index (χ3n) is 5.14. The Labute approximate surface area is 126 Å². The second-order valence-corrected chi connectivity index (χ2v) is 7.15. The highest BCUT2D eigenvalue weighted by Crippen LogP contribution is 2.32. The summed E-state index contributed by atoms with van der Waals surface area (Å²) in [5.41, 5.74) is -0.732. The molecule has 0 aromatic rings. The first-order valence-electron chi connectivity index (χ1n) is 8.34. The van der Waals surface area contributed by atoms with Crippen molar-refractivity contribution < 1.29 is 14.7 Å². The van der Waals surface area contributed by atoms with Crippen LogP contribution in [0.1, 0.15) is 51.4 Å². The quantitative estimate of drug-likeness (QED) is 0.796. The van der Waals surface area contributed by atoms with Gasteiger partial charge in [-0.15, -0.1) is 0 Å². The van der Waals surface area contributed by atoms with Crippen molar-refractivity contribution in [2.24, 2.45) is 11.8 Å². The van der Waals surface area contributed by atoms with Crippen molar-refractivity contribution in [1.82, 2.24) is 10.2 Å². The van der Waals surface area contributed by atoms with Crippen LogP contribution in [0, 0.1) is 11.8 Å². The molecular formula is C16H26N2O3. The third kappa shape index (κ3) is 3.76. The SMILES string of the molecule is O=C(NCC1(O)CCCCC1)C1CC(=O)N(CC2CC2)C1. The Kier molecular flexibility index (Phi) is 4.20. The van der Waals surface area contributed by atoms with Gasteiger partial charge in [0.05, 0.1) is 11.5 Å². The standard InChI is InChI=1S/C16H26N2O3/c19-14-8-13(10-18(14)9-12-4-5-12)15(20)17-11-16(21)6-2-1-3-7-16/h12-13,21H,1-11H2,(H,17,20). The molecule has 2 N–H and O–H groups in total. The zero-order valence-electron chi connectivity index (χ0n) is 12.6. The summed E-state index contributed by atoms with van der Waals surface area (Å²) in [4.78, 5) is 26.0. The Hall–Kier alpha value is -1.10. The van der Waals surface area contributed by atoms with Crippen LogP contribution in [0.15, 0.2) is 0 Å². The highest BCUT2D eigenvalue weighted by atomic mass is 16.3. The zero-order chi connectivity index (χ0) is 14.9. The number of nitrogens with zero attached hydrogens (tertiary/aromatic N) is 1. The molecule has 3 rings (SSSR count). The number of carbonyl (C=O) groups excluding carboxylic acids is 2. The Balaban J connectivity index is 1.45. The molecule has 0 aromatic heterocycles. The van der Waals surface area contributed by atoms with E-state index in [0.717, 1.165) is 32.2 Å². The number of carbonyl (C=O) groups is 2. The molecule has 3 aliphatic rings. The number of rotatable bonds is 5. The van der Waals surface area contributed by atoms with Gasteiger partial charge in [0.1, 0.15) is 0 Å². The van der Waals surface area contributed by atoms with Gasteiger partial charge in [-0.2, -0.15) is 0 Å². The molecule has 1 unspecified atom stereocenters. The first-order valence-corrected chi connectivity index (χ1v) is 8.34. The number of amides is 2. The Bertz CT molecular complexity index is 414. The maximum Gasteiger partial charge on any atom is 0.225 e. The molecule has 0 radical (unpaired) electrons. The van der Waals surface area contributed by atoms with Crippen molar-refractivity contribution in [2.45, 2.75) is 57.0 Å². The van der Waals surface area contributed by atoms with Crippen molar-refractivity contribution in [3.8, 4) is 0 Å². The number of likely N-dealkylation sites (tertiary alicyclic amines) is 1. The van der Waals surface area contributed by atoms with Crippen LogP contribution in [0.2, 0.25) is 0 Å². The highest BCUT2D eigenvalue weighted by Gasteiger charge is 2.38. The predicted molar refractivity (Wildman–Crippen MR) is 78.5 cm³/mol. The third-order valence-corrected chi connectivity index (χ3v) is 5.14. The molecule has 118 valence electrons. The minimum Gasteiger partial charge on any atom is -0.388 e. The van der Waals surface area contributed by atoms with E-state index in [1.165, 1.54) is 19.3 Å². The molecule has 1 heterocycles. The number of nitrogens with one attached hydrogen (secondary N) is 1. The number of aliphatic hydroxyl groups is 1. The van der Waals surface area contributed by atoms with E-state index in [2.05, 4.69) is 5.32 Å². The Morgan fingerprint density at radius 3 is 2.67 bits per heavy atom. The van der Waals surface area contributed by atoms with E-state index in [1.807, 2.05) is 4.90 Å². The monoisotopic (exact) mass is 294 g/mol. The minimum atomic E-state index is -0.732. The highest BCUT2D eigenvalue weighted by molar-refractivity contribution is 5.89. The van der Waals surface area contributed by atoms with Gasteiger partial charge in [0, 0.05) is 26.1 Å². The molecule has 2 aliphatic carbocycles. The van der Waals surface area contributed by atoms with E-state index in [4.69, 9.17) is 0 Å². The van der Waals surface area contributed by atoms with Crippen molar-refractivity contribution in [2.75, 3.05) is 19.6 Å². The summed E-state index contributed by atoms with van der Waals surface area (Å²) in [6, 6.07) is 0. The van der Waals surface area contributed by atoms with Crippen molar-refractivity contribution in [3.05, 3.63) is 0 Å². The smallest absolute Gasteiger partial charge is 0.225 e. The Morgan fingerprint density at radius 1 is 1.29 bits per heavy atom. The van der Waals surface area contributed by atoms with Gasteiger partial charge in [-0.3, -0.25) is 9.59 Å². The fourth-order valence-electron chi connectivity index (χ4n) is 3.52. The lowest BCUT2D eigenvalue weighted by Crippen LogP contribution is -2.46. The number of hydrogen-bond donors (Lipinski definition) is 2. The minimum absolute atomic E-state index is 0.0688. The molecule has 5 nitrogen and oxygen atoms in total. The molecule has 1 atom stereocenters. The van der Waals surface area contributed by atoms with Crippen LogP contribution in [0.3, 0.4) is 0 Å². The molecule has 2 saturated carbocycles. The van der Waals surface area contributed by atoms with Crippen LogP contribution in [0.4, 0.5) is 0 Å². The van der Waals surface area contributed by atoms with Gasteiger partial charge in [0.2, 0.25) is 11.8 Å². The molecule has 1 saturated heterocycles. The van der Waals surface area contributed by atoms with Gasteiger partial charge in [-0.05, 0) is 31.6 Å². The van der Waals surface area contributed by atoms with Crippen LogP contribution < -0.4 is 5.32 Å². The zero-order valence-corrected chi connectivity index (χ0v) is 12.6. The summed E-state index contributed by atoms with van der Waals surface area (Å²) < 4.78 is 0. The van der Waals surface area contributed by atoms with E-state index in [1.54, 1.807) is 0 Å². The molecule has 0 bridgehead atoms. The second-order valence-electron chi connectivity index (χ2n) is 7.15. The maximum atomic E-state index is 12.2.